The van der Waals surface area contributed by atoms with Crippen LogP contribution in [0.1, 0.15) is 0 Å². The average molecular weight is 1780 g/mol. The number of aromatic nitrogens is 30. The Morgan fingerprint density at radius 2 is 0.385 bits per heavy atom. The van der Waals surface area contributed by atoms with Crippen LogP contribution in [0.4, 0.5) is 0 Å². The molecule has 648 valence electrons. The van der Waals surface area contributed by atoms with Gasteiger partial charge in [-0.3, -0.25) is 108 Å². The molecule has 3 aromatic carbocycles. The summed E-state index contributed by atoms with van der Waals surface area (Å²) in [4.78, 5) is 194. The molecule has 0 radical (unpaired) electrons. The van der Waals surface area contributed by atoms with Crippen LogP contribution in [0.2, 0.25) is 0 Å². The van der Waals surface area contributed by atoms with Crippen LogP contribution in [0.3, 0.4) is 0 Å². The van der Waals surface area contributed by atoms with Crippen LogP contribution in [0.5, 0.6) is 0 Å². The van der Waals surface area contributed by atoms with Crippen LogP contribution < -0.4 is 50.0 Å². The first kappa shape index (κ1) is 84.2. The molecule has 0 saturated heterocycles. The highest BCUT2D eigenvalue weighted by molar-refractivity contribution is 5.84. The standard InChI is InChI=1S/C12H8N2O.4C11H7N3O.4C10H6N4O/c15-12-9-5-1-2-6-10(9)13-11-7-3-4-8-14(11)12;15-11-10-8(4-3-6-12-10)13-9-5-1-2-7-14(9)11;15-11-8-4-5-12-7-9(8)13-10-3-1-2-6-14(10)11;15-11-8-3-1-2-4-9(8)13-10-7-12-5-6-14(10)11;15-11-8-3-1-2-4-9(8)13-10-5-6-12-7-14(10)11;15-10-7-1-3-11-5-8(7)13-9-2-4-12-6-14(9)10;15-10-7-1-2-11-5-8(7)13-9-6-12-3-4-14(9)10;15-10-9-7(2-1-4-12-9)13-8-3-5-11-6-14(8)10;15-10-9-7(2-1-3-12-9)13-8-6-11-4-5-14(8)10/h1-8H;4*1-7H;4*1-6H. The van der Waals surface area contributed by atoms with Crippen LogP contribution >= 0.6 is 0 Å². The first-order valence-electron chi connectivity index (χ1n) is 40.7. The van der Waals surface area contributed by atoms with Crippen LogP contribution in [-0.2, 0) is 0 Å². The number of hydrogen-bond acceptors (Lipinski definition) is 30. The van der Waals surface area contributed by atoms with Gasteiger partial charge in [0.05, 0.1) is 119 Å². The molecule has 0 aliphatic carbocycles. The number of nitrogens with zero attached hydrogens (tertiary/aromatic N) is 30. The normalized spacial score (nSPS) is 10.9. The zero-order valence-corrected chi connectivity index (χ0v) is 69.7. The van der Waals surface area contributed by atoms with E-state index in [0.29, 0.717) is 144 Å². The smallest absolute Gasteiger partial charge is 0.268 e. The van der Waals surface area contributed by atoms with Gasteiger partial charge < -0.3 is 0 Å². The molecule has 0 bridgehead atoms. The molecule has 0 spiro atoms. The third-order valence-corrected chi connectivity index (χ3v) is 20.5. The molecular formula is C96H60N30O9. The highest BCUT2D eigenvalue weighted by Crippen LogP contribution is 2.16. The molecule has 24 heterocycles. The summed E-state index contributed by atoms with van der Waals surface area (Å²) in [7, 11) is 0. The SMILES string of the molecule is O=c1c2ccccc2nc2ccccn12.O=c1c2ccccc2nc2ccncn12.O=c1c2ccccc2nc2cnccn12.O=c1c2ccncc2nc2ccccn12.O=c1c2ccncc2nc2ccncn12.O=c1c2ccncc2nc2cnccn12.O=c1c2ncccc2nc2ccccn12.O=c1c2ncccc2nc2ccncn12.O=c1c2ncccc2nc2cnccn12. The predicted molar refractivity (Wildman–Crippen MR) is 504 cm³/mol. The summed E-state index contributed by atoms with van der Waals surface area (Å²) in [5.74, 6) is 0. The molecule has 27 aromatic rings. The second-order valence-electron chi connectivity index (χ2n) is 28.7. The minimum Gasteiger partial charge on any atom is -0.268 e. The second kappa shape index (κ2) is 37.7. The molecule has 0 saturated carbocycles. The monoisotopic (exact) mass is 1780 g/mol. The van der Waals surface area contributed by atoms with E-state index in [0.717, 1.165) is 5.52 Å². The van der Waals surface area contributed by atoms with Gasteiger partial charge in [0.15, 0.2) is 33.5 Å². The zero-order chi connectivity index (χ0) is 92.3. The van der Waals surface area contributed by atoms with Gasteiger partial charge in [0.25, 0.3) is 50.0 Å². The van der Waals surface area contributed by atoms with Gasteiger partial charge in [-0.25, -0.2) is 79.2 Å². The first-order valence-corrected chi connectivity index (χ1v) is 40.7. The van der Waals surface area contributed by atoms with E-state index in [1.807, 2.05) is 91.0 Å². The third-order valence-electron chi connectivity index (χ3n) is 20.5. The van der Waals surface area contributed by atoms with Crippen molar-refractivity contribution >= 4 is 149 Å². The van der Waals surface area contributed by atoms with Gasteiger partial charge in [-0.1, -0.05) is 54.6 Å². The lowest BCUT2D eigenvalue weighted by Gasteiger charge is -2.01. The largest absolute Gasteiger partial charge is 0.285 e. The van der Waals surface area contributed by atoms with Crippen molar-refractivity contribution in [3.63, 3.8) is 0 Å². The molecule has 27 rings (SSSR count). The molecule has 24 aromatic heterocycles. The highest BCUT2D eigenvalue weighted by Gasteiger charge is 2.13. The van der Waals surface area contributed by atoms with Gasteiger partial charge >= 0.3 is 0 Å². The van der Waals surface area contributed by atoms with Gasteiger partial charge in [0.2, 0.25) is 0 Å². The van der Waals surface area contributed by atoms with Crippen molar-refractivity contribution in [3.8, 4) is 0 Å². The molecule has 0 fully saturated rings. The topological polar surface area (TPSA) is 464 Å². The first-order chi connectivity index (χ1) is 66.2. The van der Waals surface area contributed by atoms with Crippen molar-refractivity contribution < 1.29 is 0 Å². The molecule has 0 unspecified atom stereocenters. The number of rotatable bonds is 0. The van der Waals surface area contributed by atoms with Gasteiger partial charge in [-0.2, -0.15) is 0 Å². The fourth-order valence-corrected chi connectivity index (χ4v) is 14.1. The van der Waals surface area contributed by atoms with Crippen molar-refractivity contribution in [1.82, 2.24) is 144 Å². The Balaban J connectivity index is 0.0000000975. The number of fused-ring (bicyclic) bond motifs is 18. The molecule has 0 N–H and O–H groups in total. The van der Waals surface area contributed by atoms with Crippen LogP contribution in [0.15, 0.2) is 411 Å². The molecule has 0 aliphatic rings. The van der Waals surface area contributed by atoms with Gasteiger partial charge in [0.1, 0.15) is 52.9 Å². The fraction of sp³-hybridized carbons (Fsp3) is 0. The molecule has 39 nitrogen and oxygen atoms in total. The maximum atomic E-state index is 12.0. The predicted octanol–water partition coefficient (Wildman–Crippen LogP) is 9.37. The lowest BCUT2D eigenvalue weighted by atomic mass is 10.2. The van der Waals surface area contributed by atoms with E-state index < -0.39 is 0 Å². The van der Waals surface area contributed by atoms with Crippen LogP contribution in [0.25, 0.3) is 149 Å². The minimum atomic E-state index is -0.191. The average Bonchev–Trinajstić information content (AvgIpc) is 0.836. The Labute approximate surface area is 750 Å². The summed E-state index contributed by atoms with van der Waals surface area (Å²) in [5.41, 5.74) is 11.4. The molecule has 135 heavy (non-hydrogen) atoms. The Morgan fingerprint density at radius 1 is 0.156 bits per heavy atom. The number of benzene rings is 3. The quantitative estimate of drug-likeness (QED) is 0.127. The Bertz CT molecular complexity index is 7600. The molecule has 0 aliphatic heterocycles. The van der Waals surface area contributed by atoms with E-state index in [1.54, 1.807) is 262 Å². The van der Waals surface area contributed by atoms with E-state index in [1.165, 1.54) is 54.2 Å². The van der Waals surface area contributed by atoms with Crippen molar-refractivity contribution in [2.45, 2.75) is 0 Å². The lowest BCUT2D eigenvalue weighted by molar-refractivity contribution is 1.01. The Kier molecular flexibility index (Phi) is 23.5. The van der Waals surface area contributed by atoms with E-state index in [9.17, 15) is 43.2 Å². The number of hydrogen-bond donors (Lipinski definition) is 0. The summed E-state index contributed by atoms with van der Waals surface area (Å²) in [5, 5.41) is 3.60. The van der Waals surface area contributed by atoms with Crippen molar-refractivity contribution in [2.24, 2.45) is 0 Å². The van der Waals surface area contributed by atoms with E-state index in [-0.39, 0.29) is 50.0 Å². The van der Waals surface area contributed by atoms with Gasteiger partial charge in [-0.15, -0.1) is 0 Å². The maximum Gasteiger partial charge on any atom is 0.285 e. The highest BCUT2D eigenvalue weighted by atomic mass is 16.2. The third kappa shape index (κ3) is 17.4. The molecular weight excluding hydrogens is 1720 g/mol. The molecule has 0 amide bonds. The lowest BCUT2D eigenvalue weighted by Crippen LogP contribution is -2.16. The van der Waals surface area contributed by atoms with Crippen molar-refractivity contribution in [2.75, 3.05) is 0 Å². The molecule has 39 heteroatoms. The summed E-state index contributed by atoms with van der Waals surface area (Å²) in [6.45, 7) is 0. The Morgan fingerprint density at radius 3 is 0.748 bits per heavy atom. The summed E-state index contributed by atoms with van der Waals surface area (Å²) >= 11 is 0. The van der Waals surface area contributed by atoms with E-state index in [2.05, 4.69) is 105 Å². The maximum absolute atomic E-state index is 12.0. The van der Waals surface area contributed by atoms with Crippen LogP contribution in [0, 0.1) is 0 Å². The van der Waals surface area contributed by atoms with Gasteiger partial charge in [0, 0.05) is 112 Å². The summed E-state index contributed by atoms with van der Waals surface area (Å²) in [6, 6.07) is 59.1. The minimum absolute atomic E-state index is 0.0174. The molecule has 0 atom stereocenters. The van der Waals surface area contributed by atoms with Crippen molar-refractivity contribution in [1.29, 1.82) is 0 Å². The van der Waals surface area contributed by atoms with E-state index in [4.69, 9.17) is 0 Å². The second-order valence-corrected chi connectivity index (χ2v) is 28.7. The van der Waals surface area contributed by atoms with E-state index >= 15 is 0 Å². The van der Waals surface area contributed by atoms with Crippen LogP contribution in [-0.4, -0.2) is 144 Å². The summed E-state index contributed by atoms with van der Waals surface area (Å²) in [6.07, 6.45) is 42.8. The van der Waals surface area contributed by atoms with Gasteiger partial charge in [-0.05, 0) is 146 Å². The summed E-state index contributed by atoms with van der Waals surface area (Å²) < 4.78 is 13.2. The van der Waals surface area contributed by atoms with Crippen molar-refractivity contribution in [3.05, 3.63) is 461 Å². The number of pyridine rings is 9. The number of para-hydroxylation sites is 3. The fourth-order valence-electron chi connectivity index (χ4n) is 14.1. The Hall–Kier alpha value is -20.3. The zero-order valence-electron chi connectivity index (χ0n) is 69.7.